The van der Waals surface area contributed by atoms with Crippen molar-refractivity contribution in [1.82, 2.24) is 24.9 Å². The number of nitrogens with one attached hydrogen (secondary N) is 1. The minimum absolute atomic E-state index is 0.0420. The molecule has 1 aliphatic carbocycles. The van der Waals surface area contributed by atoms with Gasteiger partial charge in [-0.1, -0.05) is 36.6 Å². The molecule has 1 aromatic carbocycles. The molecule has 1 aliphatic rings. The van der Waals surface area contributed by atoms with Crippen molar-refractivity contribution in [3.63, 3.8) is 0 Å². The lowest BCUT2D eigenvalue weighted by molar-refractivity contribution is -0.122. The van der Waals surface area contributed by atoms with Crippen molar-refractivity contribution in [3.05, 3.63) is 58.1 Å². The third kappa shape index (κ3) is 4.27. The molecule has 0 bridgehead atoms. The fraction of sp³-hybridized carbons (Fsp3) is 0.455. The molecule has 3 aromatic rings. The van der Waals surface area contributed by atoms with Crippen LogP contribution >= 0.6 is 11.6 Å². The van der Waals surface area contributed by atoms with Crippen LogP contribution in [-0.2, 0) is 11.2 Å². The maximum atomic E-state index is 12.9. The van der Waals surface area contributed by atoms with Crippen molar-refractivity contribution in [2.75, 3.05) is 0 Å². The highest BCUT2D eigenvalue weighted by Gasteiger charge is 2.27. The Balaban J connectivity index is 1.48. The lowest BCUT2D eigenvalue weighted by Crippen LogP contribution is -2.33. The summed E-state index contributed by atoms with van der Waals surface area (Å²) in [6.45, 7) is 3.96. The molecule has 1 saturated carbocycles. The van der Waals surface area contributed by atoms with Gasteiger partial charge in [-0.05, 0) is 62.3 Å². The summed E-state index contributed by atoms with van der Waals surface area (Å²) in [5.41, 5.74) is 4.08. The van der Waals surface area contributed by atoms with Gasteiger partial charge in [0.1, 0.15) is 6.33 Å². The number of rotatable bonds is 6. The topological polar surface area (TPSA) is 72.2 Å². The lowest BCUT2D eigenvalue weighted by Gasteiger charge is -2.25. The van der Waals surface area contributed by atoms with Gasteiger partial charge < -0.3 is 5.32 Å². The van der Waals surface area contributed by atoms with Crippen LogP contribution in [0, 0.1) is 19.8 Å². The van der Waals surface area contributed by atoms with Gasteiger partial charge in [0, 0.05) is 22.8 Å². The Morgan fingerprint density at radius 1 is 1.24 bits per heavy atom. The number of hydrogen-bond donors (Lipinski definition) is 1. The fourth-order valence-electron chi connectivity index (χ4n) is 4.44. The number of hydrogen-bond acceptors (Lipinski definition) is 4. The van der Waals surface area contributed by atoms with Crippen LogP contribution in [0.1, 0.15) is 60.7 Å². The SMILES string of the molecule is Cc1nc2ncnn2c(C)c1CCC(=O)NC(c1ccc(Cl)cc1)C1CCCC1. The zero-order valence-corrected chi connectivity index (χ0v) is 17.6. The molecular formula is C22H26ClN5O. The van der Waals surface area contributed by atoms with Gasteiger partial charge in [-0.25, -0.2) is 9.50 Å². The van der Waals surface area contributed by atoms with Gasteiger partial charge in [-0.15, -0.1) is 0 Å². The fourth-order valence-corrected chi connectivity index (χ4v) is 4.56. The molecule has 0 spiro atoms. The van der Waals surface area contributed by atoms with Gasteiger partial charge in [-0.3, -0.25) is 4.79 Å². The molecule has 1 atom stereocenters. The second kappa shape index (κ2) is 8.49. The van der Waals surface area contributed by atoms with E-state index < -0.39 is 0 Å². The summed E-state index contributed by atoms with van der Waals surface area (Å²) in [4.78, 5) is 21.5. The van der Waals surface area contributed by atoms with E-state index in [4.69, 9.17) is 11.6 Å². The van der Waals surface area contributed by atoms with Crippen molar-refractivity contribution in [2.45, 2.75) is 58.4 Å². The summed E-state index contributed by atoms with van der Waals surface area (Å²) in [5, 5.41) is 8.24. The largest absolute Gasteiger partial charge is 0.349 e. The molecule has 1 fully saturated rings. The molecule has 6 nitrogen and oxygen atoms in total. The van der Waals surface area contributed by atoms with Gasteiger partial charge in [0.2, 0.25) is 5.91 Å². The second-order valence-electron chi connectivity index (χ2n) is 7.87. The van der Waals surface area contributed by atoms with E-state index in [1.807, 2.05) is 38.1 Å². The average Bonchev–Trinajstić information content (AvgIpc) is 3.39. The molecule has 1 unspecified atom stereocenters. The van der Waals surface area contributed by atoms with Crippen LogP contribution in [0.25, 0.3) is 5.78 Å². The first-order valence-electron chi connectivity index (χ1n) is 10.2. The Hall–Kier alpha value is -2.47. The van der Waals surface area contributed by atoms with E-state index in [9.17, 15) is 4.79 Å². The van der Waals surface area contributed by atoms with E-state index in [1.165, 1.54) is 19.2 Å². The van der Waals surface area contributed by atoms with Gasteiger partial charge in [0.05, 0.1) is 6.04 Å². The normalized spacial score (nSPS) is 15.7. The smallest absolute Gasteiger partial charge is 0.252 e. The highest BCUT2D eigenvalue weighted by atomic mass is 35.5. The zero-order valence-electron chi connectivity index (χ0n) is 16.9. The van der Waals surface area contributed by atoms with Gasteiger partial charge in [0.25, 0.3) is 5.78 Å². The quantitative estimate of drug-likeness (QED) is 0.653. The monoisotopic (exact) mass is 411 g/mol. The van der Waals surface area contributed by atoms with E-state index in [0.717, 1.165) is 35.4 Å². The number of halogens is 1. The van der Waals surface area contributed by atoms with E-state index in [-0.39, 0.29) is 11.9 Å². The third-order valence-electron chi connectivity index (χ3n) is 6.01. The first-order chi connectivity index (χ1) is 14.0. The Bertz CT molecular complexity index is 1010. The summed E-state index contributed by atoms with van der Waals surface area (Å²) in [6, 6.07) is 7.90. The third-order valence-corrected chi connectivity index (χ3v) is 6.26. The summed E-state index contributed by atoms with van der Waals surface area (Å²) >= 11 is 6.06. The summed E-state index contributed by atoms with van der Waals surface area (Å²) in [5.74, 6) is 1.14. The highest BCUT2D eigenvalue weighted by Crippen LogP contribution is 2.36. The number of fused-ring (bicyclic) bond motifs is 1. The highest BCUT2D eigenvalue weighted by molar-refractivity contribution is 6.30. The first-order valence-corrected chi connectivity index (χ1v) is 10.6. The number of benzene rings is 1. The van der Waals surface area contributed by atoms with E-state index >= 15 is 0 Å². The molecule has 4 rings (SSSR count). The van der Waals surface area contributed by atoms with Gasteiger partial charge in [-0.2, -0.15) is 10.1 Å². The molecule has 2 aromatic heterocycles. The van der Waals surface area contributed by atoms with E-state index in [2.05, 4.69) is 20.4 Å². The minimum atomic E-state index is 0.0420. The zero-order chi connectivity index (χ0) is 20.4. The summed E-state index contributed by atoms with van der Waals surface area (Å²) in [7, 11) is 0. The standard InChI is InChI=1S/C22H26ClN5O/c1-14-19(15(2)28-22(26-14)24-13-25-28)11-12-20(29)27-21(16-5-3-4-6-16)17-7-9-18(23)10-8-17/h7-10,13,16,21H,3-6,11-12H2,1-2H3,(H,27,29). The first kappa shape index (κ1) is 19.8. The maximum absolute atomic E-state index is 12.9. The predicted molar refractivity (Wildman–Crippen MR) is 113 cm³/mol. The molecule has 0 radical (unpaired) electrons. The Labute approximate surface area is 175 Å². The molecule has 152 valence electrons. The van der Waals surface area contributed by atoms with Crippen molar-refractivity contribution in [3.8, 4) is 0 Å². The van der Waals surface area contributed by atoms with Crippen LogP contribution in [0.2, 0.25) is 5.02 Å². The van der Waals surface area contributed by atoms with Gasteiger partial charge >= 0.3 is 0 Å². The van der Waals surface area contributed by atoms with Crippen LogP contribution in [0.15, 0.2) is 30.6 Å². The number of aryl methyl sites for hydroxylation is 2. The molecule has 29 heavy (non-hydrogen) atoms. The number of nitrogens with zero attached hydrogens (tertiary/aromatic N) is 4. The molecule has 1 amide bonds. The lowest BCUT2D eigenvalue weighted by atomic mass is 9.91. The Morgan fingerprint density at radius 2 is 1.97 bits per heavy atom. The van der Waals surface area contributed by atoms with Crippen molar-refractivity contribution in [1.29, 1.82) is 0 Å². The van der Waals surface area contributed by atoms with E-state index in [0.29, 0.717) is 29.6 Å². The second-order valence-corrected chi connectivity index (χ2v) is 8.31. The van der Waals surface area contributed by atoms with Crippen LogP contribution in [-0.4, -0.2) is 25.5 Å². The average molecular weight is 412 g/mol. The summed E-state index contributed by atoms with van der Waals surface area (Å²) in [6.07, 6.45) is 7.31. The predicted octanol–water partition coefficient (Wildman–Crippen LogP) is 4.37. The Kier molecular flexibility index (Phi) is 5.81. The van der Waals surface area contributed by atoms with Crippen molar-refractivity contribution in [2.24, 2.45) is 5.92 Å². The van der Waals surface area contributed by atoms with Crippen LogP contribution < -0.4 is 5.32 Å². The van der Waals surface area contributed by atoms with Crippen LogP contribution in [0.4, 0.5) is 0 Å². The molecular weight excluding hydrogens is 386 g/mol. The van der Waals surface area contributed by atoms with E-state index in [1.54, 1.807) is 4.52 Å². The maximum Gasteiger partial charge on any atom is 0.252 e. The number of carbonyl (C=O) groups excluding carboxylic acids is 1. The Morgan fingerprint density at radius 3 is 2.69 bits per heavy atom. The van der Waals surface area contributed by atoms with Crippen LogP contribution in [0.3, 0.4) is 0 Å². The molecule has 0 saturated heterocycles. The molecule has 2 heterocycles. The molecule has 7 heteroatoms. The number of carbonyl (C=O) groups is 1. The van der Waals surface area contributed by atoms with Gasteiger partial charge in [0.15, 0.2) is 0 Å². The van der Waals surface area contributed by atoms with Crippen molar-refractivity contribution < 1.29 is 4.79 Å². The van der Waals surface area contributed by atoms with Crippen molar-refractivity contribution >= 4 is 23.3 Å². The number of amides is 1. The number of aromatic nitrogens is 4. The minimum Gasteiger partial charge on any atom is -0.349 e. The molecule has 1 N–H and O–H groups in total. The van der Waals surface area contributed by atoms with Crippen LogP contribution in [0.5, 0.6) is 0 Å². The molecule has 0 aliphatic heterocycles. The summed E-state index contributed by atoms with van der Waals surface area (Å²) < 4.78 is 1.73.